The lowest BCUT2D eigenvalue weighted by atomic mass is 10.1. The number of pyridine rings is 2. The monoisotopic (exact) mass is 257 g/mol. The molecule has 19 heavy (non-hydrogen) atoms. The van der Waals surface area contributed by atoms with Crippen LogP contribution in [0.15, 0.2) is 18.2 Å². The molecule has 0 spiro atoms. The number of hydrogen-bond acceptors (Lipinski definition) is 4. The van der Waals surface area contributed by atoms with Crippen LogP contribution < -0.4 is 4.90 Å². The van der Waals surface area contributed by atoms with Gasteiger partial charge in [0.2, 0.25) is 5.91 Å². The van der Waals surface area contributed by atoms with Crippen LogP contribution >= 0.6 is 0 Å². The summed E-state index contributed by atoms with van der Waals surface area (Å²) < 4.78 is 0. The zero-order valence-corrected chi connectivity index (χ0v) is 10.9. The van der Waals surface area contributed by atoms with Crippen molar-refractivity contribution in [2.75, 3.05) is 11.4 Å². The Kier molecular flexibility index (Phi) is 2.71. The molecule has 0 saturated carbocycles. The van der Waals surface area contributed by atoms with Crippen LogP contribution in [0.1, 0.15) is 17.7 Å². The van der Waals surface area contributed by atoms with Gasteiger partial charge in [-0.15, -0.1) is 0 Å². The van der Waals surface area contributed by atoms with E-state index in [0.29, 0.717) is 18.0 Å². The number of aryl methyl sites for hydroxylation is 2. The third-order valence-corrected chi connectivity index (χ3v) is 3.37. The van der Waals surface area contributed by atoms with Gasteiger partial charge in [-0.3, -0.25) is 9.69 Å². The molecule has 98 valence electrons. The summed E-state index contributed by atoms with van der Waals surface area (Å²) in [6.07, 6.45) is -0.433. The van der Waals surface area contributed by atoms with Gasteiger partial charge < -0.3 is 5.11 Å². The van der Waals surface area contributed by atoms with E-state index in [2.05, 4.69) is 9.97 Å². The highest BCUT2D eigenvalue weighted by Crippen LogP contribution is 2.23. The zero-order chi connectivity index (χ0) is 13.6. The Morgan fingerprint density at radius 3 is 2.79 bits per heavy atom. The second-order valence-electron chi connectivity index (χ2n) is 4.98. The Bertz CT molecular complexity index is 669. The highest BCUT2D eigenvalue weighted by Gasteiger charge is 2.30. The van der Waals surface area contributed by atoms with E-state index in [-0.39, 0.29) is 12.3 Å². The molecule has 2 aromatic rings. The van der Waals surface area contributed by atoms with E-state index in [1.165, 1.54) is 4.90 Å². The highest BCUT2D eigenvalue weighted by atomic mass is 16.3. The first-order chi connectivity index (χ1) is 9.04. The average molecular weight is 257 g/mol. The van der Waals surface area contributed by atoms with Gasteiger partial charge in [0.25, 0.3) is 0 Å². The summed E-state index contributed by atoms with van der Waals surface area (Å²) in [5.41, 5.74) is 2.67. The van der Waals surface area contributed by atoms with Gasteiger partial charge in [-0.2, -0.15) is 0 Å². The van der Waals surface area contributed by atoms with E-state index in [1.54, 1.807) is 0 Å². The predicted octanol–water partition coefficient (Wildman–Crippen LogP) is 1.34. The number of anilines is 1. The first-order valence-corrected chi connectivity index (χ1v) is 6.28. The number of aromatic nitrogens is 2. The van der Waals surface area contributed by atoms with Gasteiger partial charge in [0.1, 0.15) is 5.82 Å². The molecule has 1 aliphatic heterocycles. The molecule has 1 saturated heterocycles. The van der Waals surface area contributed by atoms with Crippen LogP contribution in [0.3, 0.4) is 0 Å². The van der Waals surface area contributed by atoms with E-state index in [1.807, 2.05) is 32.0 Å². The van der Waals surface area contributed by atoms with Crippen molar-refractivity contribution < 1.29 is 9.90 Å². The molecule has 0 aliphatic carbocycles. The van der Waals surface area contributed by atoms with Crippen molar-refractivity contribution in [3.63, 3.8) is 0 Å². The molecular weight excluding hydrogens is 242 g/mol. The fraction of sp³-hybridized carbons (Fsp3) is 0.357. The van der Waals surface area contributed by atoms with Crippen LogP contribution in [-0.2, 0) is 4.79 Å². The first kappa shape index (κ1) is 12.0. The summed E-state index contributed by atoms with van der Waals surface area (Å²) in [7, 11) is 0. The van der Waals surface area contributed by atoms with Crippen molar-refractivity contribution >= 4 is 22.8 Å². The van der Waals surface area contributed by atoms with Crippen molar-refractivity contribution in [1.29, 1.82) is 0 Å². The fourth-order valence-electron chi connectivity index (χ4n) is 2.48. The summed E-state index contributed by atoms with van der Waals surface area (Å²) in [6.45, 7) is 4.25. The molecule has 1 amide bonds. The van der Waals surface area contributed by atoms with Gasteiger partial charge >= 0.3 is 0 Å². The van der Waals surface area contributed by atoms with Gasteiger partial charge in [0.05, 0.1) is 19.1 Å². The molecule has 5 nitrogen and oxygen atoms in total. The average Bonchev–Trinajstić information content (AvgIpc) is 2.67. The maximum absolute atomic E-state index is 11.8. The minimum atomic E-state index is -0.600. The molecular formula is C14H15N3O2. The fourth-order valence-corrected chi connectivity index (χ4v) is 2.48. The summed E-state index contributed by atoms with van der Waals surface area (Å²) in [4.78, 5) is 22.1. The summed E-state index contributed by atoms with van der Waals surface area (Å²) in [5.74, 6) is 0.468. The van der Waals surface area contributed by atoms with Crippen molar-refractivity contribution in [2.45, 2.75) is 26.4 Å². The largest absolute Gasteiger partial charge is 0.391 e. The molecule has 1 N–H and O–H groups in total. The topological polar surface area (TPSA) is 66.3 Å². The zero-order valence-electron chi connectivity index (χ0n) is 10.9. The number of nitrogens with zero attached hydrogens (tertiary/aromatic N) is 3. The minimum Gasteiger partial charge on any atom is -0.391 e. The van der Waals surface area contributed by atoms with E-state index in [0.717, 1.165) is 16.6 Å². The van der Waals surface area contributed by atoms with Gasteiger partial charge in [-0.05, 0) is 37.6 Å². The predicted molar refractivity (Wildman–Crippen MR) is 72.0 cm³/mol. The van der Waals surface area contributed by atoms with E-state index in [9.17, 15) is 9.90 Å². The summed E-state index contributed by atoms with van der Waals surface area (Å²) >= 11 is 0. The number of amides is 1. The third-order valence-electron chi connectivity index (χ3n) is 3.37. The van der Waals surface area contributed by atoms with E-state index >= 15 is 0 Å². The summed E-state index contributed by atoms with van der Waals surface area (Å²) in [6, 6.07) is 5.74. The molecule has 1 fully saturated rings. The van der Waals surface area contributed by atoms with Crippen molar-refractivity contribution in [3.05, 3.63) is 29.5 Å². The number of carbonyl (C=O) groups is 1. The van der Waals surface area contributed by atoms with E-state index < -0.39 is 6.10 Å². The molecule has 0 aromatic carbocycles. The Balaban J connectivity index is 2.09. The number of hydrogen-bond donors (Lipinski definition) is 1. The molecule has 3 heterocycles. The lowest BCUT2D eigenvalue weighted by molar-refractivity contribution is -0.117. The van der Waals surface area contributed by atoms with Gasteiger partial charge in [-0.25, -0.2) is 9.97 Å². The molecule has 1 aliphatic rings. The highest BCUT2D eigenvalue weighted by molar-refractivity contribution is 5.96. The number of aliphatic hydroxyl groups is 1. The molecule has 2 aromatic heterocycles. The maximum atomic E-state index is 11.8. The van der Waals surface area contributed by atoms with E-state index in [4.69, 9.17) is 0 Å². The molecule has 5 heteroatoms. The Morgan fingerprint density at radius 1 is 1.32 bits per heavy atom. The quantitative estimate of drug-likeness (QED) is 0.837. The van der Waals surface area contributed by atoms with Crippen LogP contribution in [0.2, 0.25) is 0 Å². The van der Waals surface area contributed by atoms with Crippen LogP contribution in [-0.4, -0.2) is 33.6 Å². The molecule has 3 rings (SSSR count). The second kappa shape index (κ2) is 4.28. The SMILES string of the molecule is Cc1cc(C)c2ccc(N3CC(O)CC3=O)nc2n1. The number of rotatable bonds is 1. The maximum Gasteiger partial charge on any atom is 0.230 e. The standard InChI is InChI=1S/C14H15N3O2/c1-8-5-9(2)15-14-11(8)3-4-12(16-14)17-7-10(18)6-13(17)19/h3-5,10,18H,6-7H2,1-2H3. The lowest BCUT2D eigenvalue weighted by Gasteiger charge is -2.15. The Morgan fingerprint density at radius 2 is 2.11 bits per heavy atom. The Hall–Kier alpha value is -2.01. The number of carbonyl (C=O) groups excluding carboxylic acids is 1. The van der Waals surface area contributed by atoms with Crippen molar-refractivity contribution in [1.82, 2.24) is 9.97 Å². The lowest BCUT2D eigenvalue weighted by Crippen LogP contribution is -2.26. The van der Waals surface area contributed by atoms with Crippen molar-refractivity contribution in [3.8, 4) is 0 Å². The van der Waals surface area contributed by atoms with Crippen LogP contribution in [0.5, 0.6) is 0 Å². The van der Waals surface area contributed by atoms with Gasteiger partial charge in [0.15, 0.2) is 5.65 Å². The van der Waals surface area contributed by atoms with Gasteiger partial charge in [0, 0.05) is 11.1 Å². The third kappa shape index (κ3) is 2.06. The first-order valence-electron chi connectivity index (χ1n) is 6.28. The molecule has 1 unspecified atom stereocenters. The second-order valence-corrected chi connectivity index (χ2v) is 4.98. The molecule has 1 atom stereocenters. The molecule has 0 radical (unpaired) electrons. The smallest absolute Gasteiger partial charge is 0.230 e. The van der Waals surface area contributed by atoms with Crippen molar-refractivity contribution in [2.24, 2.45) is 0 Å². The number of fused-ring (bicyclic) bond motifs is 1. The van der Waals surface area contributed by atoms with Crippen LogP contribution in [0.4, 0.5) is 5.82 Å². The summed E-state index contributed by atoms with van der Waals surface area (Å²) in [5, 5.41) is 10.5. The normalized spacial score (nSPS) is 19.4. The minimum absolute atomic E-state index is 0.0938. The van der Waals surface area contributed by atoms with Gasteiger partial charge in [-0.1, -0.05) is 0 Å². The number of aliphatic hydroxyl groups excluding tert-OH is 1. The molecule has 0 bridgehead atoms. The number of β-amino-alcohol motifs (C(OH)–C–C–N with tert-alkyl or cyclic N) is 1. The van der Waals surface area contributed by atoms with Crippen LogP contribution in [0, 0.1) is 13.8 Å². The Labute approximate surface area is 110 Å². The van der Waals surface area contributed by atoms with Crippen LogP contribution in [0.25, 0.3) is 11.0 Å².